The third-order valence-electron chi connectivity index (χ3n) is 1.99. The molecule has 0 saturated carbocycles. The lowest BCUT2D eigenvalue weighted by Crippen LogP contribution is -2.26. The van der Waals surface area contributed by atoms with Crippen LogP contribution in [0.1, 0.15) is 12.5 Å². The van der Waals surface area contributed by atoms with Crippen molar-refractivity contribution in [3.8, 4) is 5.75 Å². The normalized spacial score (nSPS) is 11.6. The van der Waals surface area contributed by atoms with Gasteiger partial charge < -0.3 is 15.2 Å². The van der Waals surface area contributed by atoms with Crippen LogP contribution in [0.25, 0.3) is 0 Å². The minimum absolute atomic E-state index is 0.229. The highest BCUT2D eigenvalue weighted by Gasteiger charge is 2.16. The van der Waals surface area contributed by atoms with Crippen LogP contribution in [0.4, 0.5) is 0 Å². The Kier molecular flexibility index (Phi) is 4.25. The van der Waals surface area contributed by atoms with Crippen molar-refractivity contribution in [1.29, 1.82) is 0 Å². The summed E-state index contributed by atoms with van der Waals surface area (Å²) in [6.07, 6.45) is -0.694. The number of rotatable bonds is 4. The van der Waals surface area contributed by atoms with E-state index in [1.54, 1.807) is 31.2 Å². The number of para-hydroxylation sites is 1. The monoisotopic (exact) mass is 239 g/mol. The number of hydrogen-bond acceptors (Lipinski definition) is 4. The molecule has 1 aromatic rings. The molecule has 0 fully saturated rings. The zero-order chi connectivity index (χ0) is 12.1. The van der Waals surface area contributed by atoms with Gasteiger partial charge in [-0.25, -0.2) is 4.79 Å². The molecule has 4 nitrogen and oxygen atoms in total. The quantitative estimate of drug-likeness (QED) is 0.633. The highest BCUT2D eigenvalue weighted by atomic mass is 32.1. The van der Waals surface area contributed by atoms with Crippen molar-refractivity contribution in [3.63, 3.8) is 0 Å². The van der Waals surface area contributed by atoms with Gasteiger partial charge in [0.15, 0.2) is 6.10 Å². The molecule has 0 amide bonds. The maximum absolute atomic E-state index is 11.2. The number of ether oxygens (including phenoxy) is 2. The first-order valence-electron chi connectivity index (χ1n) is 4.69. The van der Waals surface area contributed by atoms with Crippen LogP contribution in [-0.4, -0.2) is 24.2 Å². The molecule has 0 spiro atoms. The lowest BCUT2D eigenvalue weighted by Gasteiger charge is -2.14. The summed E-state index contributed by atoms with van der Waals surface area (Å²) in [6, 6.07) is 7.01. The lowest BCUT2D eigenvalue weighted by atomic mass is 10.2. The second-order valence-corrected chi connectivity index (χ2v) is 3.58. The number of methoxy groups -OCH3 is 1. The SMILES string of the molecule is COC(=O)C(C)Oc1ccccc1C(N)=S. The molecular formula is C11H13NO3S. The van der Waals surface area contributed by atoms with Gasteiger partial charge >= 0.3 is 5.97 Å². The number of thiocarbonyl (C=S) groups is 1. The fourth-order valence-electron chi connectivity index (χ4n) is 1.18. The molecular weight excluding hydrogens is 226 g/mol. The largest absolute Gasteiger partial charge is 0.478 e. The summed E-state index contributed by atoms with van der Waals surface area (Å²) in [5, 5.41) is 0. The topological polar surface area (TPSA) is 61.5 Å². The van der Waals surface area contributed by atoms with E-state index in [0.29, 0.717) is 11.3 Å². The van der Waals surface area contributed by atoms with Gasteiger partial charge in [0, 0.05) is 0 Å². The number of nitrogens with two attached hydrogens (primary N) is 1. The van der Waals surface area contributed by atoms with Crippen LogP contribution >= 0.6 is 12.2 Å². The fraction of sp³-hybridized carbons (Fsp3) is 0.273. The van der Waals surface area contributed by atoms with E-state index in [1.165, 1.54) is 7.11 Å². The van der Waals surface area contributed by atoms with Gasteiger partial charge in [0.05, 0.1) is 12.7 Å². The van der Waals surface area contributed by atoms with Crippen molar-refractivity contribution in [2.45, 2.75) is 13.0 Å². The summed E-state index contributed by atoms with van der Waals surface area (Å²) in [5.41, 5.74) is 6.14. The molecule has 0 bridgehead atoms. The Balaban J connectivity index is 2.88. The van der Waals surface area contributed by atoms with Crippen LogP contribution in [0.3, 0.4) is 0 Å². The summed E-state index contributed by atoms with van der Waals surface area (Å²) in [7, 11) is 1.31. The van der Waals surface area contributed by atoms with Crippen LogP contribution in [0.15, 0.2) is 24.3 Å². The average molecular weight is 239 g/mol. The highest BCUT2D eigenvalue weighted by Crippen LogP contribution is 2.19. The van der Waals surface area contributed by atoms with Crippen molar-refractivity contribution in [1.82, 2.24) is 0 Å². The van der Waals surface area contributed by atoms with E-state index in [2.05, 4.69) is 4.74 Å². The molecule has 86 valence electrons. The summed E-state index contributed by atoms with van der Waals surface area (Å²) >= 11 is 4.88. The molecule has 1 aromatic carbocycles. The Labute approximate surface area is 99.3 Å². The number of carbonyl (C=O) groups excluding carboxylic acids is 1. The standard InChI is InChI=1S/C11H13NO3S/c1-7(11(13)14-2)15-9-6-4-3-5-8(9)10(12)16/h3-7H,1-2H3,(H2,12,16). The molecule has 1 unspecified atom stereocenters. The van der Waals surface area contributed by atoms with E-state index < -0.39 is 12.1 Å². The second-order valence-electron chi connectivity index (χ2n) is 3.14. The molecule has 0 heterocycles. The molecule has 1 rings (SSSR count). The maximum atomic E-state index is 11.2. The molecule has 0 aliphatic rings. The van der Waals surface area contributed by atoms with E-state index in [9.17, 15) is 4.79 Å². The van der Waals surface area contributed by atoms with Gasteiger partial charge in [-0.05, 0) is 19.1 Å². The Hall–Kier alpha value is -1.62. The third kappa shape index (κ3) is 2.93. The van der Waals surface area contributed by atoms with Gasteiger partial charge in [-0.1, -0.05) is 24.4 Å². The molecule has 5 heteroatoms. The van der Waals surface area contributed by atoms with Gasteiger partial charge in [0.2, 0.25) is 0 Å². The van der Waals surface area contributed by atoms with Crippen LogP contribution in [-0.2, 0) is 9.53 Å². The summed E-state index contributed by atoms with van der Waals surface area (Å²) in [6.45, 7) is 1.60. The minimum Gasteiger partial charge on any atom is -0.478 e. The van der Waals surface area contributed by atoms with E-state index in [1.807, 2.05) is 0 Å². The molecule has 1 atom stereocenters. The van der Waals surface area contributed by atoms with Crippen molar-refractivity contribution in [2.24, 2.45) is 5.73 Å². The maximum Gasteiger partial charge on any atom is 0.346 e. The first kappa shape index (κ1) is 12.4. The Bertz CT molecular complexity index is 406. The van der Waals surface area contributed by atoms with Crippen molar-refractivity contribution in [3.05, 3.63) is 29.8 Å². The zero-order valence-corrected chi connectivity index (χ0v) is 9.91. The smallest absolute Gasteiger partial charge is 0.346 e. The first-order valence-corrected chi connectivity index (χ1v) is 5.10. The van der Waals surface area contributed by atoms with Crippen LogP contribution in [0.2, 0.25) is 0 Å². The number of benzene rings is 1. The van der Waals surface area contributed by atoms with Crippen molar-refractivity contribution in [2.75, 3.05) is 7.11 Å². The Morgan fingerprint density at radius 2 is 2.06 bits per heavy atom. The molecule has 0 aliphatic heterocycles. The molecule has 0 aliphatic carbocycles. The summed E-state index contributed by atoms with van der Waals surface area (Å²) in [5.74, 6) is 0.0330. The van der Waals surface area contributed by atoms with Crippen LogP contribution < -0.4 is 10.5 Å². The van der Waals surface area contributed by atoms with Gasteiger partial charge in [-0.2, -0.15) is 0 Å². The van der Waals surface area contributed by atoms with E-state index in [0.717, 1.165) is 0 Å². The van der Waals surface area contributed by atoms with Gasteiger partial charge in [-0.15, -0.1) is 0 Å². The van der Waals surface area contributed by atoms with Gasteiger partial charge in [0.25, 0.3) is 0 Å². The number of esters is 1. The predicted octanol–water partition coefficient (Wildman–Crippen LogP) is 1.26. The second kappa shape index (κ2) is 5.46. The average Bonchev–Trinajstić information content (AvgIpc) is 2.28. The molecule has 16 heavy (non-hydrogen) atoms. The lowest BCUT2D eigenvalue weighted by molar-refractivity contribution is -0.147. The van der Waals surface area contributed by atoms with Crippen LogP contribution in [0.5, 0.6) is 5.75 Å². The fourth-order valence-corrected chi connectivity index (χ4v) is 1.35. The Morgan fingerprint density at radius 3 is 2.62 bits per heavy atom. The van der Waals surface area contributed by atoms with E-state index in [4.69, 9.17) is 22.7 Å². The van der Waals surface area contributed by atoms with E-state index in [-0.39, 0.29) is 4.99 Å². The number of hydrogen-bond donors (Lipinski definition) is 1. The van der Waals surface area contributed by atoms with Crippen molar-refractivity contribution < 1.29 is 14.3 Å². The number of carbonyl (C=O) groups is 1. The van der Waals surface area contributed by atoms with Crippen molar-refractivity contribution >= 4 is 23.2 Å². The molecule has 0 saturated heterocycles. The summed E-state index contributed by atoms with van der Waals surface area (Å²) in [4.78, 5) is 11.4. The molecule has 0 aromatic heterocycles. The minimum atomic E-state index is -0.694. The van der Waals surface area contributed by atoms with E-state index >= 15 is 0 Å². The molecule has 2 N–H and O–H groups in total. The van der Waals surface area contributed by atoms with Gasteiger partial charge in [0.1, 0.15) is 10.7 Å². The Morgan fingerprint density at radius 1 is 1.44 bits per heavy atom. The third-order valence-corrected chi connectivity index (χ3v) is 2.21. The zero-order valence-electron chi connectivity index (χ0n) is 9.10. The first-order chi connectivity index (χ1) is 7.56. The molecule has 0 radical (unpaired) electrons. The van der Waals surface area contributed by atoms with Gasteiger partial charge in [-0.3, -0.25) is 0 Å². The predicted molar refractivity (Wildman–Crippen MR) is 64.4 cm³/mol. The summed E-state index contributed by atoms with van der Waals surface area (Å²) < 4.78 is 9.97. The highest BCUT2D eigenvalue weighted by molar-refractivity contribution is 7.80. The van der Waals surface area contributed by atoms with Crippen LogP contribution in [0, 0.1) is 0 Å².